The molecule has 1 N–H and O–H groups in total. The highest BCUT2D eigenvalue weighted by Gasteiger charge is 2.37. The number of halogens is 1. The molecule has 2 aromatic carbocycles. The summed E-state index contributed by atoms with van der Waals surface area (Å²) in [6.45, 7) is 0.721. The molecular weight excluding hydrogens is 460 g/mol. The zero-order valence-electron chi connectivity index (χ0n) is 17.2. The van der Waals surface area contributed by atoms with Crippen molar-refractivity contribution in [1.82, 2.24) is 14.7 Å². The Balaban J connectivity index is 1.37. The largest absolute Gasteiger partial charge is 0.321 e. The van der Waals surface area contributed by atoms with Crippen LogP contribution in [0.2, 0.25) is 4.34 Å². The van der Waals surface area contributed by atoms with Gasteiger partial charge in [0.05, 0.1) is 39.1 Å². The minimum atomic E-state index is -0.437. The number of hydrogen-bond donors (Lipinski definition) is 1. The van der Waals surface area contributed by atoms with Crippen LogP contribution in [0.3, 0.4) is 0 Å². The molecule has 7 nitrogen and oxygen atoms in total. The average Bonchev–Trinajstić information content (AvgIpc) is 3.53. The van der Waals surface area contributed by atoms with E-state index in [0.29, 0.717) is 21.4 Å². The van der Waals surface area contributed by atoms with Gasteiger partial charge in [0.25, 0.3) is 17.7 Å². The SMILES string of the molecule is O=C(Nc1cccc2c1C(=O)N(Cc1cccc(Cn3cccn3)c1)C2=O)c1ccc(Cl)s1. The summed E-state index contributed by atoms with van der Waals surface area (Å²) in [6, 6.07) is 17.7. The monoisotopic (exact) mass is 476 g/mol. The lowest BCUT2D eigenvalue weighted by atomic mass is 10.1. The molecule has 0 spiro atoms. The van der Waals surface area contributed by atoms with Crippen molar-refractivity contribution in [3.63, 3.8) is 0 Å². The lowest BCUT2D eigenvalue weighted by Crippen LogP contribution is -2.29. The smallest absolute Gasteiger partial charge is 0.265 e. The van der Waals surface area contributed by atoms with Crippen LogP contribution in [0, 0.1) is 0 Å². The number of carbonyl (C=O) groups is 3. The summed E-state index contributed by atoms with van der Waals surface area (Å²) >= 11 is 7.06. The van der Waals surface area contributed by atoms with Crippen LogP contribution in [0.1, 0.15) is 41.5 Å². The minimum absolute atomic E-state index is 0.132. The summed E-state index contributed by atoms with van der Waals surface area (Å²) in [5.74, 6) is -1.21. The highest BCUT2D eigenvalue weighted by atomic mass is 35.5. The Labute approximate surface area is 198 Å². The quantitative estimate of drug-likeness (QED) is 0.409. The first kappa shape index (κ1) is 21.1. The molecule has 3 heterocycles. The predicted molar refractivity (Wildman–Crippen MR) is 126 cm³/mol. The number of nitrogens with one attached hydrogen (secondary N) is 1. The van der Waals surface area contributed by atoms with Crippen molar-refractivity contribution >= 4 is 46.3 Å². The average molecular weight is 477 g/mol. The van der Waals surface area contributed by atoms with E-state index in [1.165, 1.54) is 4.90 Å². The summed E-state index contributed by atoms with van der Waals surface area (Å²) in [5.41, 5.74) is 2.61. The number of benzene rings is 2. The van der Waals surface area contributed by atoms with Gasteiger partial charge in [-0.1, -0.05) is 41.9 Å². The summed E-state index contributed by atoms with van der Waals surface area (Å²) < 4.78 is 2.29. The fourth-order valence-electron chi connectivity index (χ4n) is 3.79. The summed E-state index contributed by atoms with van der Waals surface area (Å²) in [4.78, 5) is 40.4. The normalized spacial score (nSPS) is 12.8. The van der Waals surface area contributed by atoms with Gasteiger partial charge in [0.15, 0.2) is 0 Å². The van der Waals surface area contributed by atoms with Crippen LogP contribution in [0.5, 0.6) is 0 Å². The number of carbonyl (C=O) groups excluding carboxylic acids is 3. The van der Waals surface area contributed by atoms with Gasteiger partial charge in [-0.05, 0) is 41.5 Å². The molecule has 5 rings (SSSR count). The van der Waals surface area contributed by atoms with Gasteiger partial charge >= 0.3 is 0 Å². The van der Waals surface area contributed by atoms with Crippen molar-refractivity contribution in [2.45, 2.75) is 13.1 Å². The highest BCUT2D eigenvalue weighted by Crippen LogP contribution is 2.31. The Kier molecular flexibility index (Phi) is 5.53. The minimum Gasteiger partial charge on any atom is -0.321 e. The lowest BCUT2D eigenvalue weighted by Gasteiger charge is -2.15. The Bertz CT molecular complexity index is 1380. The molecule has 0 aliphatic carbocycles. The molecule has 164 valence electrons. The third-order valence-corrected chi connectivity index (χ3v) is 6.51. The van der Waals surface area contributed by atoms with Crippen molar-refractivity contribution < 1.29 is 14.4 Å². The maximum absolute atomic E-state index is 13.2. The van der Waals surface area contributed by atoms with E-state index >= 15 is 0 Å². The molecule has 3 amide bonds. The zero-order chi connectivity index (χ0) is 22.9. The number of imide groups is 1. The molecule has 0 unspecified atom stereocenters. The van der Waals surface area contributed by atoms with Gasteiger partial charge in [-0.15, -0.1) is 11.3 Å². The third-order valence-electron chi connectivity index (χ3n) is 5.28. The van der Waals surface area contributed by atoms with Gasteiger partial charge in [0.1, 0.15) is 0 Å². The van der Waals surface area contributed by atoms with Gasteiger partial charge in [-0.3, -0.25) is 24.0 Å². The van der Waals surface area contributed by atoms with E-state index in [1.807, 2.05) is 36.5 Å². The van der Waals surface area contributed by atoms with E-state index in [-0.39, 0.29) is 29.5 Å². The van der Waals surface area contributed by atoms with Crippen molar-refractivity contribution in [1.29, 1.82) is 0 Å². The second-order valence-corrected chi connectivity index (χ2v) is 9.22. The van der Waals surface area contributed by atoms with Crippen LogP contribution in [0.4, 0.5) is 5.69 Å². The first-order chi connectivity index (χ1) is 16.0. The van der Waals surface area contributed by atoms with Gasteiger partial charge < -0.3 is 5.32 Å². The molecule has 0 bridgehead atoms. The Hall–Kier alpha value is -3.75. The molecule has 0 saturated carbocycles. The molecule has 0 radical (unpaired) electrons. The number of aromatic nitrogens is 2. The van der Waals surface area contributed by atoms with E-state index in [0.717, 1.165) is 22.5 Å². The number of anilines is 1. The fraction of sp³-hybridized carbons (Fsp3) is 0.0833. The van der Waals surface area contributed by atoms with E-state index in [2.05, 4.69) is 10.4 Å². The summed E-state index contributed by atoms with van der Waals surface area (Å²) in [7, 11) is 0. The lowest BCUT2D eigenvalue weighted by molar-refractivity contribution is 0.0642. The first-order valence-electron chi connectivity index (χ1n) is 10.1. The topological polar surface area (TPSA) is 84.3 Å². The number of hydrogen-bond acceptors (Lipinski definition) is 5. The van der Waals surface area contributed by atoms with Crippen molar-refractivity contribution in [2.24, 2.45) is 0 Å². The fourth-order valence-corrected chi connectivity index (χ4v) is 4.73. The maximum Gasteiger partial charge on any atom is 0.265 e. The molecule has 33 heavy (non-hydrogen) atoms. The molecule has 0 atom stereocenters. The number of rotatable bonds is 6. The second kappa shape index (κ2) is 8.65. The van der Waals surface area contributed by atoms with Crippen LogP contribution in [-0.2, 0) is 13.1 Å². The van der Waals surface area contributed by atoms with Gasteiger partial charge in [0, 0.05) is 12.4 Å². The maximum atomic E-state index is 13.2. The number of nitrogens with zero attached hydrogens (tertiary/aromatic N) is 3. The highest BCUT2D eigenvalue weighted by molar-refractivity contribution is 7.18. The number of fused-ring (bicyclic) bond motifs is 1. The molecule has 2 aromatic heterocycles. The summed E-state index contributed by atoms with van der Waals surface area (Å²) in [5, 5.41) is 6.95. The van der Waals surface area contributed by atoms with Gasteiger partial charge in [-0.25, -0.2) is 0 Å². The number of amides is 3. The van der Waals surface area contributed by atoms with E-state index in [9.17, 15) is 14.4 Å². The molecule has 0 saturated heterocycles. The van der Waals surface area contributed by atoms with Gasteiger partial charge in [0.2, 0.25) is 0 Å². The Morgan fingerprint density at radius 3 is 2.48 bits per heavy atom. The Morgan fingerprint density at radius 2 is 1.76 bits per heavy atom. The van der Waals surface area contributed by atoms with Crippen LogP contribution >= 0.6 is 22.9 Å². The predicted octanol–water partition coefficient (Wildman–Crippen LogP) is 4.69. The third kappa shape index (κ3) is 4.18. The molecule has 4 aromatic rings. The molecule has 1 aliphatic heterocycles. The molecular formula is C24H17ClN4O3S. The van der Waals surface area contributed by atoms with Crippen LogP contribution in [0.15, 0.2) is 73.1 Å². The van der Waals surface area contributed by atoms with E-state index in [4.69, 9.17) is 11.6 Å². The van der Waals surface area contributed by atoms with Crippen molar-refractivity contribution in [3.05, 3.63) is 105 Å². The summed E-state index contributed by atoms with van der Waals surface area (Å²) in [6.07, 6.45) is 3.59. The Morgan fingerprint density at radius 1 is 0.970 bits per heavy atom. The van der Waals surface area contributed by atoms with Crippen LogP contribution in [0.25, 0.3) is 0 Å². The van der Waals surface area contributed by atoms with Crippen LogP contribution < -0.4 is 5.32 Å². The van der Waals surface area contributed by atoms with Gasteiger partial charge in [-0.2, -0.15) is 5.10 Å². The molecule has 9 heteroatoms. The molecule has 0 fully saturated rings. The van der Waals surface area contributed by atoms with Crippen molar-refractivity contribution in [2.75, 3.05) is 5.32 Å². The van der Waals surface area contributed by atoms with Crippen LogP contribution in [-0.4, -0.2) is 32.4 Å². The molecule has 1 aliphatic rings. The van der Waals surface area contributed by atoms with E-state index < -0.39 is 5.91 Å². The standard InChI is InChI=1S/C24H17ClN4O3S/c25-20-9-8-19(33-20)22(30)27-18-7-2-6-17-21(18)24(32)29(23(17)31)14-16-5-1-4-15(12-16)13-28-11-3-10-26-28/h1-12H,13-14H2,(H,27,30). The first-order valence-corrected chi connectivity index (χ1v) is 11.3. The number of thiophene rings is 1. The van der Waals surface area contributed by atoms with E-state index in [1.54, 1.807) is 41.2 Å². The second-order valence-electron chi connectivity index (χ2n) is 7.51. The zero-order valence-corrected chi connectivity index (χ0v) is 18.8. The van der Waals surface area contributed by atoms with Crippen molar-refractivity contribution in [3.8, 4) is 0 Å².